The highest BCUT2D eigenvalue weighted by molar-refractivity contribution is 5.87. The van der Waals surface area contributed by atoms with Crippen LogP contribution in [0.4, 0.5) is 0 Å². The van der Waals surface area contributed by atoms with Crippen LogP contribution in [0.25, 0.3) is 0 Å². The van der Waals surface area contributed by atoms with E-state index in [2.05, 4.69) is 20.8 Å². The summed E-state index contributed by atoms with van der Waals surface area (Å²) < 4.78 is 10.7. The summed E-state index contributed by atoms with van der Waals surface area (Å²) in [5.41, 5.74) is 0.477. The van der Waals surface area contributed by atoms with Crippen LogP contribution in [0.3, 0.4) is 0 Å². The van der Waals surface area contributed by atoms with Crippen molar-refractivity contribution in [3.8, 4) is 0 Å². The zero-order valence-electron chi connectivity index (χ0n) is 10.9. The Morgan fingerprint density at radius 2 is 2.24 bits per heavy atom. The summed E-state index contributed by atoms with van der Waals surface area (Å²) in [5, 5.41) is 0. The molecule has 0 bridgehead atoms. The Morgan fingerprint density at radius 1 is 1.53 bits per heavy atom. The average Bonchev–Trinajstić information content (AvgIpc) is 2.98. The summed E-state index contributed by atoms with van der Waals surface area (Å²) in [7, 11) is 0. The van der Waals surface area contributed by atoms with Crippen LogP contribution in [0.15, 0.2) is 23.8 Å². The second kappa shape index (κ2) is 3.98. The van der Waals surface area contributed by atoms with Crippen LogP contribution in [0.5, 0.6) is 0 Å². The fourth-order valence-electron chi connectivity index (χ4n) is 1.94. The number of esters is 1. The van der Waals surface area contributed by atoms with Crippen LogP contribution in [-0.4, -0.2) is 24.3 Å². The molecule has 0 radical (unpaired) electrons. The van der Waals surface area contributed by atoms with Gasteiger partial charge in [-0.25, -0.2) is 4.79 Å². The van der Waals surface area contributed by atoms with Gasteiger partial charge in [0.1, 0.15) is 6.10 Å². The highest BCUT2D eigenvalue weighted by Gasteiger charge is 2.62. The van der Waals surface area contributed by atoms with Crippen molar-refractivity contribution in [2.75, 3.05) is 6.61 Å². The number of carbonyl (C=O) groups excluding carboxylic acids is 1. The van der Waals surface area contributed by atoms with Crippen LogP contribution >= 0.6 is 0 Å². The van der Waals surface area contributed by atoms with Crippen molar-refractivity contribution in [1.82, 2.24) is 0 Å². The predicted octanol–water partition coefficient (Wildman–Crippen LogP) is 2.62. The fourth-order valence-corrected chi connectivity index (χ4v) is 1.94. The van der Waals surface area contributed by atoms with Crippen LogP contribution in [0.2, 0.25) is 0 Å². The second-order valence-corrected chi connectivity index (χ2v) is 5.67. The first-order chi connectivity index (χ1) is 7.90. The van der Waals surface area contributed by atoms with Gasteiger partial charge < -0.3 is 9.47 Å². The maximum absolute atomic E-state index is 11.8. The van der Waals surface area contributed by atoms with Crippen LogP contribution < -0.4 is 0 Å². The summed E-state index contributed by atoms with van der Waals surface area (Å²) in [6, 6.07) is 0. The normalized spacial score (nSPS) is 30.6. The second-order valence-electron chi connectivity index (χ2n) is 5.67. The standard InChI is InChI=1S/C14H20O3/c1-5-8-16-12(15)14-7-6-10(13(2,3)4)9-11(14)17-14/h6-7,9,11H,5,8H2,1-4H3. The lowest BCUT2D eigenvalue weighted by Crippen LogP contribution is -2.29. The van der Waals surface area contributed by atoms with Crippen molar-refractivity contribution >= 4 is 5.97 Å². The van der Waals surface area contributed by atoms with E-state index in [0.29, 0.717) is 6.61 Å². The SMILES string of the molecule is CCCOC(=O)C12C=CC(C(C)(C)C)=CC1O2. The zero-order valence-corrected chi connectivity index (χ0v) is 10.9. The first-order valence-corrected chi connectivity index (χ1v) is 6.17. The molecule has 2 aliphatic rings. The van der Waals surface area contributed by atoms with E-state index in [0.717, 1.165) is 6.42 Å². The number of rotatable bonds is 3. The summed E-state index contributed by atoms with van der Waals surface area (Å²) in [4.78, 5) is 11.8. The predicted molar refractivity (Wildman–Crippen MR) is 65.5 cm³/mol. The number of carbonyl (C=O) groups is 1. The van der Waals surface area contributed by atoms with Gasteiger partial charge in [0.2, 0.25) is 5.60 Å². The first-order valence-electron chi connectivity index (χ1n) is 6.17. The summed E-state index contributed by atoms with van der Waals surface area (Å²) >= 11 is 0. The lowest BCUT2D eigenvalue weighted by Gasteiger charge is -2.22. The molecule has 0 amide bonds. The third kappa shape index (κ3) is 2.16. The number of hydrogen-bond donors (Lipinski definition) is 0. The first kappa shape index (κ1) is 12.4. The van der Waals surface area contributed by atoms with Gasteiger partial charge in [0, 0.05) is 0 Å². The van der Waals surface area contributed by atoms with E-state index in [4.69, 9.17) is 9.47 Å². The molecule has 1 fully saturated rings. The topological polar surface area (TPSA) is 38.8 Å². The molecule has 2 atom stereocenters. The minimum Gasteiger partial charge on any atom is -0.463 e. The average molecular weight is 236 g/mol. The molecule has 0 aromatic rings. The third-order valence-corrected chi connectivity index (χ3v) is 3.15. The minimum absolute atomic E-state index is 0.0853. The van der Waals surface area contributed by atoms with Gasteiger partial charge in [0.05, 0.1) is 6.61 Å². The minimum atomic E-state index is -0.816. The van der Waals surface area contributed by atoms with E-state index in [9.17, 15) is 4.79 Å². The van der Waals surface area contributed by atoms with Gasteiger partial charge in [0.25, 0.3) is 0 Å². The lowest BCUT2D eigenvalue weighted by molar-refractivity contribution is -0.148. The van der Waals surface area contributed by atoms with Gasteiger partial charge in [-0.3, -0.25) is 0 Å². The van der Waals surface area contributed by atoms with Gasteiger partial charge in [-0.15, -0.1) is 0 Å². The molecule has 1 aliphatic heterocycles. The largest absolute Gasteiger partial charge is 0.463 e. The molecule has 94 valence electrons. The van der Waals surface area contributed by atoms with Crippen molar-refractivity contribution < 1.29 is 14.3 Å². The maximum atomic E-state index is 11.8. The molecular formula is C14H20O3. The Morgan fingerprint density at radius 3 is 2.76 bits per heavy atom. The Balaban J connectivity index is 2.06. The quantitative estimate of drug-likeness (QED) is 0.558. The molecule has 0 saturated carbocycles. The number of fused-ring (bicyclic) bond motifs is 1. The highest BCUT2D eigenvalue weighted by Crippen LogP contribution is 2.46. The van der Waals surface area contributed by atoms with Gasteiger partial charge in [-0.2, -0.15) is 0 Å². The molecular weight excluding hydrogens is 216 g/mol. The Labute approximate surface area is 102 Å². The number of ether oxygens (including phenoxy) is 2. The molecule has 3 heteroatoms. The number of hydrogen-bond acceptors (Lipinski definition) is 3. The summed E-state index contributed by atoms with van der Waals surface area (Å²) in [5.74, 6) is -0.259. The molecule has 1 saturated heterocycles. The van der Waals surface area contributed by atoms with Gasteiger partial charge >= 0.3 is 5.97 Å². The van der Waals surface area contributed by atoms with Crippen molar-refractivity contribution in [3.63, 3.8) is 0 Å². The van der Waals surface area contributed by atoms with Crippen molar-refractivity contribution in [2.24, 2.45) is 5.41 Å². The van der Waals surface area contributed by atoms with Crippen LogP contribution in [0, 0.1) is 5.41 Å². The maximum Gasteiger partial charge on any atom is 0.345 e. The molecule has 2 rings (SSSR count). The van der Waals surface area contributed by atoms with E-state index < -0.39 is 5.60 Å². The van der Waals surface area contributed by atoms with E-state index in [-0.39, 0.29) is 17.5 Å². The molecule has 0 spiro atoms. The summed E-state index contributed by atoms with van der Waals surface area (Å²) in [6.45, 7) is 8.88. The number of allylic oxidation sites excluding steroid dienone is 2. The molecule has 2 unspecified atom stereocenters. The van der Waals surface area contributed by atoms with Gasteiger partial charge in [-0.1, -0.05) is 33.8 Å². The molecule has 17 heavy (non-hydrogen) atoms. The molecule has 0 aromatic carbocycles. The van der Waals surface area contributed by atoms with E-state index in [1.54, 1.807) is 0 Å². The van der Waals surface area contributed by atoms with Crippen LogP contribution in [0.1, 0.15) is 34.1 Å². The molecule has 1 aliphatic carbocycles. The van der Waals surface area contributed by atoms with Crippen molar-refractivity contribution in [3.05, 3.63) is 23.8 Å². The van der Waals surface area contributed by atoms with E-state index in [1.807, 2.05) is 25.2 Å². The van der Waals surface area contributed by atoms with E-state index in [1.165, 1.54) is 5.57 Å². The van der Waals surface area contributed by atoms with Crippen molar-refractivity contribution in [1.29, 1.82) is 0 Å². The van der Waals surface area contributed by atoms with E-state index >= 15 is 0 Å². The monoisotopic (exact) mass is 236 g/mol. The molecule has 0 N–H and O–H groups in total. The Kier molecular flexibility index (Phi) is 2.90. The third-order valence-electron chi connectivity index (χ3n) is 3.15. The lowest BCUT2D eigenvalue weighted by atomic mass is 9.81. The van der Waals surface area contributed by atoms with Gasteiger partial charge in [-0.05, 0) is 29.6 Å². The van der Waals surface area contributed by atoms with Gasteiger partial charge in [0.15, 0.2) is 0 Å². The Bertz CT molecular complexity index is 387. The summed E-state index contributed by atoms with van der Waals surface area (Å²) in [6.07, 6.45) is 6.56. The smallest absolute Gasteiger partial charge is 0.345 e. The van der Waals surface area contributed by atoms with Crippen molar-refractivity contribution in [2.45, 2.75) is 45.8 Å². The zero-order chi connectivity index (χ0) is 12.7. The highest BCUT2D eigenvalue weighted by atomic mass is 16.7. The number of epoxide rings is 1. The fraction of sp³-hybridized carbons (Fsp3) is 0.643. The van der Waals surface area contributed by atoms with Crippen LogP contribution in [-0.2, 0) is 14.3 Å². The molecule has 1 heterocycles. The molecule has 0 aromatic heterocycles. The Hall–Kier alpha value is -1.09. The molecule has 3 nitrogen and oxygen atoms in total.